The highest BCUT2D eigenvalue weighted by atomic mass is 16.6. The maximum absolute atomic E-state index is 5.61. The Labute approximate surface area is 87.2 Å². The molecule has 1 saturated carbocycles. The quantitative estimate of drug-likeness (QED) is 0.424. The monoisotopic (exact) mass is 192 g/mol. The normalized spacial score (nSPS) is 35.9. The zero-order valence-corrected chi connectivity index (χ0v) is 9.52. The van der Waals surface area contributed by atoms with Gasteiger partial charge in [-0.3, -0.25) is 0 Å². The highest BCUT2D eigenvalue weighted by Gasteiger charge is 2.59. The summed E-state index contributed by atoms with van der Waals surface area (Å²) in [5, 5.41) is 0. The third-order valence-electron chi connectivity index (χ3n) is 3.69. The lowest BCUT2D eigenvalue weighted by atomic mass is 9.89. The molecule has 1 aliphatic carbocycles. The average Bonchev–Trinajstić information content (AvgIpc) is 2.65. The molecule has 2 rings (SSSR count). The predicted molar refractivity (Wildman–Crippen MR) is 57.9 cm³/mol. The number of ether oxygens (including phenoxy) is 1. The van der Waals surface area contributed by atoms with E-state index in [2.05, 4.69) is 32.6 Å². The van der Waals surface area contributed by atoms with E-state index >= 15 is 0 Å². The molecule has 1 heterocycles. The van der Waals surface area contributed by atoms with Crippen molar-refractivity contribution in [2.45, 2.75) is 64.1 Å². The van der Waals surface area contributed by atoms with Crippen LogP contribution in [-0.2, 0) is 4.74 Å². The molecule has 78 valence electrons. The lowest BCUT2D eigenvalue weighted by molar-refractivity contribution is 0.311. The van der Waals surface area contributed by atoms with Crippen molar-refractivity contribution in [1.82, 2.24) is 0 Å². The zero-order chi connectivity index (χ0) is 10.2. The SMILES string of the molecule is CC1(C)OC1(C)C#CC1CCCCC1. The van der Waals surface area contributed by atoms with Crippen LogP contribution in [0.2, 0.25) is 0 Å². The van der Waals surface area contributed by atoms with E-state index in [1.54, 1.807) is 0 Å². The van der Waals surface area contributed by atoms with Gasteiger partial charge in [0.2, 0.25) is 0 Å². The summed E-state index contributed by atoms with van der Waals surface area (Å²) in [6, 6.07) is 0. The van der Waals surface area contributed by atoms with Crippen LogP contribution in [0.3, 0.4) is 0 Å². The molecule has 0 bridgehead atoms. The molecule has 1 unspecified atom stereocenters. The van der Waals surface area contributed by atoms with Crippen LogP contribution in [0.5, 0.6) is 0 Å². The smallest absolute Gasteiger partial charge is 0.154 e. The van der Waals surface area contributed by atoms with E-state index in [0.717, 1.165) is 0 Å². The van der Waals surface area contributed by atoms with Crippen LogP contribution >= 0.6 is 0 Å². The van der Waals surface area contributed by atoms with Gasteiger partial charge >= 0.3 is 0 Å². The van der Waals surface area contributed by atoms with Crippen LogP contribution < -0.4 is 0 Å². The lowest BCUT2D eigenvalue weighted by Crippen LogP contribution is -2.14. The zero-order valence-electron chi connectivity index (χ0n) is 9.52. The fraction of sp³-hybridized carbons (Fsp3) is 0.846. The van der Waals surface area contributed by atoms with Crippen molar-refractivity contribution >= 4 is 0 Å². The van der Waals surface area contributed by atoms with Crippen molar-refractivity contribution in [3.63, 3.8) is 0 Å². The fourth-order valence-electron chi connectivity index (χ4n) is 2.15. The summed E-state index contributed by atoms with van der Waals surface area (Å²) in [4.78, 5) is 0. The highest BCUT2D eigenvalue weighted by Crippen LogP contribution is 2.46. The van der Waals surface area contributed by atoms with E-state index in [9.17, 15) is 0 Å². The van der Waals surface area contributed by atoms with Gasteiger partial charge in [-0.25, -0.2) is 0 Å². The Balaban J connectivity index is 1.93. The molecule has 0 aromatic heterocycles. The Kier molecular flexibility index (Phi) is 2.35. The third kappa shape index (κ3) is 1.81. The van der Waals surface area contributed by atoms with E-state index in [-0.39, 0.29) is 11.2 Å². The molecule has 2 fully saturated rings. The van der Waals surface area contributed by atoms with Crippen molar-refractivity contribution in [2.24, 2.45) is 5.92 Å². The Morgan fingerprint density at radius 1 is 1.07 bits per heavy atom. The van der Waals surface area contributed by atoms with Gasteiger partial charge in [0.1, 0.15) is 5.60 Å². The summed E-state index contributed by atoms with van der Waals surface area (Å²) in [6.07, 6.45) is 6.71. The molecule has 0 aromatic carbocycles. The minimum atomic E-state index is -0.162. The molecule has 0 aromatic rings. The van der Waals surface area contributed by atoms with Crippen LogP contribution in [0, 0.1) is 17.8 Å². The van der Waals surface area contributed by atoms with Crippen LogP contribution in [0.25, 0.3) is 0 Å². The standard InChI is InChI=1S/C13H20O/c1-12(2)13(3,14-12)10-9-11-7-5-4-6-8-11/h11H,4-8H2,1-3H3. The van der Waals surface area contributed by atoms with Gasteiger partial charge in [0.05, 0.1) is 0 Å². The Morgan fingerprint density at radius 2 is 1.64 bits per heavy atom. The van der Waals surface area contributed by atoms with Crippen molar-refractivity contribution in [1.29, 1.82) is 0 Å². The summed E-state index contributed by atoms with van der Waals surface area (Å²) in [7, 11) is 0. The van der Waals surface area contributed by atoms with Crippen molar-refractivity contribution in [3.8, 4) is 11.8 Å². The summed E-state index contributed by atoms with van der Waals surface area (Å²) in [5.74, 6) is 7.36. The van der Waals surface area contributed by atoms with Gasteiger partial charge in [0.15, 0.2) is 5.60 Å². The molecule has 2 aliphatic rings. The van der Waals surface area contributed by atoms with Crippen molar-refractivity contribution < 1.29 is 4.74 Å². The number of rotatable bonds is 0. The Bertz CT molecular complexity index is 275. The second-order valence-corrected chi connectivity index (χ2v) is 5.25. The van der Waals surface area contributed by atoms with Gasteiger partial charge in [-0.2, -0.15) is 0 Å². The van der Waals surface area contributed by atoms with E-state index in [4.69, 9.17) is 4.74 Å². The predicted octanol–water partition coefficient (Wildman–Crippen LogP) is 3.14. The molecule has 0 N–H and O–H groups in total. The van der Waals surface area contributed by atoms with Crippen LogP contribution in [0.15, 0.2) is 0 Å². The maximum atomic E-state index is 5.61. The largest absolute Gasteiger partial charge is 0.350 e. The third-order valence-corrected chi connectivity index (χ3v) is 3.69. The lowest BCUT2D eigenvalue weighted by Gasteiger charge is -2.15. The Hall–Kier alpha value is -0.480. The number of epoxide rings is 1. The van der Waals surface area contributed by atoms with Gasteiger partial charge < -0.3 is 4.74 Å². The summed E-state index contributed by atoms with van der Waals surface area (Å²) in [5.41, 5.74) is -0.181. The first-order chi connectivity index (χ1) is 6.54. The molecule has 1 aliphatic heterocycles. The second kappa shape index (κ2) is 3.28. The van der Waals surface area contributed by atoms with Crippen LogP contribution in [-0.4, -0.2) is 11.2 Å². The molecular formula is C13H20O. The van der Waals surface area contributed by atoms with E-state index in [0.29, 0.717) is 5.92 Å². The molecule has 1 heteroatoms. The summed E-state index contributed by atoms with van der Waals surface area (Å²) < 4.78 is 5.61. The maximum Gasteiger partial charge on any atom is 0.154 e. The molecule has 1 saturated heterocycles. The number of hydrogen-bond donors (Lipinski definition) is 0. The molecule has 1 atom stereocenters. The van der Waals surface area contributed by atoms with E-state index in [1.807, 2.05) is 0 Å². The van der Waals surface area contributed by atoms with Crippen LogP contribution in [0.4, 0.5) is 0 Å². The molecule has 14 heavy (non-hydrogen) atoms. The van der Waals surface area contributed by atoms with Gasteiger partial charge in [-0.15, -0.1) is 0 Å². The first-order valence-electron chi connectivity index (χ1n) is 5.76. The van der Waals surface area contributed by atoms with Crippen molar-refractivity contribution in [3.05, 3.63) is 0 Å². The average molecular weight is 192 g/mol. The first-order valence-corrected chi connectivity index (χ1v) is 5.76. The first kappa shape index (κ1) is 10.1. The van der Waals surface area contributed by atoms with Gasteiger partial charge in [-0.1, -0.05) is 31.1 Å². The topological polar surface area (TPSA) is 12.5 Å². The van der Waals surface area contributed by atoms with Crippen LogP contribution in [0.1, 0.15) is 52.9 Å². The summed E-state index contributed by atoms with van der Waals surface area (Å²) >= 11 is 0. The van der Waals surface area contributed by atoms with Gasteiger partial charge in [0.25, 0.3) is 0 Å². The van der Waals surface area contributed by atoms with E-state index in [1.165, 1.54) is 32.1 Å². The number of hydrogen-bond acceptors (Lipinski definition) is 1. The summed E-state index contributed by atoms with van der Waals surface area (Å²) in [6.45, 7) is 6.33. The molecular weight excluding hydrogens is 172 g/mol. The minimum absolute atomic E-state index is 0.0192. The van der Waals surface area contributed by atoms with Gasteiger partial charge in [-0.05, 0) is 33.6 Å². The second-order valence-electron chi connectivity index (χ2n) is 5.25. The fourth-order valence-corrected chi connectivity index (χ4v) is 2.15. The minimum Gasteiger partial charge on any atom is -0.350 e. The Morgan fingerprint density at radius 3 is 2.14 bits per heavy atom. The molecule has 0 radical (unpaired) electrons. The molecule has 0 spiro atoms. The van der Waals surface area contributed by atoms with E-state index < -0.39 is 0 Å². The highest BCUT2D eigenvalue weighted by molar-refractivity contribution is 5.28. The van der Waals surface area contributed by atoms with Crippen molar-refractivity contribution in [2.75, 3.05) is 0 Å². The molecule has 1 nitrogen and oxygen atoms in total. The van der Waals surface area contributed by atoms with Gasteiger partial charge in [0, 0.05) is 5.92 Å². The molecule has 0 amide bonds.